The third-order valence-electron chi connectivity index (χ3n) is 3.78. The molecule has 1 aliphatic carbocycles. The van der Waals surface area contributed by atoms with Gasteiger partial charge in [0, 0.05) is 17.7 Å². The summed E-state index contributed by atoms with van der Waals surface area (Å²) in [6.45, 7) is 0. The van der Waals surface area contributed by atoms with Crippen LogP contribution in [0.4, 0.5) is 5.82 Å². The van der Waals surface area contributed by atoms with Crippen molar-refractivity contribution < 1.29 is 4.79 Å². The molecular weight excluding hydrogens is 256 g/mol. The standard InChI is InChI=1S/C13H18N6O/c20-13(11-8-14-19-17-11)15-12-7-10(16-18-12)9-5-3-1-2-4-6-9/h7-9H,1-6H2,(H,14,17,19)(H2,15,16,18,20). The Balaban J connectivity index is 1.65. The van der Waals surface area contributed by atoms with E-state index in [9.17, 15) is 4.79 Å². The van der Waals surface area contributed by atoms with E-state index in [2.05, 4.69) is 30.9 Å². The van der Waals surface area contributed by atoms with E-state index in [1.54, 1.807) is 0 Å². The first-order chi connectivity index (χ1) is 9.83. The number of hydrogen-bond acceptors (Lipinski definition) is 4. The SMILES string of the molecule is O=C(Nc1cc(C2CCCCCC2)[nH]n1)c1cn[nH]n1. The van der Waals surface area contributed by atoms with Crippen LogP contribution >= 0.6 is 0 Å². The molecule has 2 aromatic rings. The van der Waals surface area contributed by atoms with Crippen LogP contribution in [0, 0.1) is 0 Å². The number of rotatable bonds is 3. The highest BCUT2D eigenvalue weighted by Gasteiger charge is 2.18. The monoisotopic (exact) mass is 274 g/mol. The quantitative estimate of drug-likeness (QED) is 0.747. The predicted octanol–water partition coefficient (Wildman–Crippen LogP) is 2.22. The molecule has 7 nitrogen and oxygen atoms in total. The van der Waals surface area contributed by atoms with E-state index >= 15 is 0 Å². The number of carbonyl (C=O) groups is 1. The summed E-state index contributed by atoms with van der Waals surface area (Å²) in [5.41, 5.74) is 1.37. The Morgan fingerprint density at radius 1 is 1.20 bits per heavy atom. The number of hydrogen-bond donors (Lipinski definition) is 3. The summed E-state index contributed by atoms with van der Waals surface area (Å²) in [4.78, 5) is 11.8. The number of nitrogens with zero attached hydrogens (tertiary/aromatic N) is 3. The van der Waals surface area contributed by atoms with Crippen molar-refractivity contribution in [2.24, 2.45) is 0 Å². The molecule has 1 fully saturated rings. The molecule has 3 N–H and O–H groups in total. The summed E-state index contributed by atoms with van der Waals surface area (Å²) >= 11 is 0. The molecule has 0 unspecified atom stereocenters. The highest BCUT2D eigenvalue weighted by Crippen LogP contribution is 2.31. The average Bonchev–Trinajstić information content (AvgIpc) is 3.06. The number of aromatic amines is 2. The molecule has 20 heavy (non-hydrogen) atoms. The molecule has 2 heterocycles. The predicted molar refractivity (Wildman–Crippen MR) is 73.4 cm³/mol. The second kappa shape index (κ2) is 5.85. The van der Waals surface area contributed by atoms with Gasteiger partial charge in [-0.3, -0.25) is 9.89 Å². The fourth-order valence-electron chi connectivity index (χ4n) is 2.69. The van der Waals surface area contributed by atoms with Crippen LogP contribution in [0.1, 0.15) is 60.6 Å². The van der Waals surface area contributed by atoms with Gasteiger partial charge in [0.1, 0.15) is 0 Å². The van der Waals surface area contributed by atoms with E-state index in [0.717, 1.165) is 5.69 Å². The molecule has 2 aromatic heterocycles. The van der Waals surface area contributed by atoms with Gasteiger partial charge in [0.2, 0.25) is 0 Å². The molecule has 7 heteroatoms. The maximum atomic E-state index is 11.8. The van der Waals surface area contributed by atoms with Crippen molar-refractivity contribution in [2.75, 3.05) is 5.32 Å². The summed E-state index contributed by atoms with van der Waals surface area (Å²) in [6.07, 6.45) is 8.95. The van der Waals surface area contributed by atoms with Crippen molar-refractivity contribution in [3.05, 3.63) is 23.7 Å². The minimum atomic E-state index is -0.308. The second-order valence-corrected chi connectivity index (χ2v) is 5.21. The number of amides is 1. The van der Waals surface area contributed by atoms with Gasteiger partial charge in [-0.05, 0) is 12.8 Å². The van der Waals surface area contributed by atoms with Gasteiger partial charge in [0.05, 0.1) is 6.20 Å². The van der Waals surface area contributed by atoms with Crippen LogP contribution in [0.5, 0.6) is 0 Å². The molecule has 0 atom stereocenters. The van der Waals surface area contributed by atoms with Gasteiger partial charge < -0.3 is 5.32 Å². The Morgan fingerprint density at radius 2 is 2.00 bits per heavy atom. The number of carbonyl (C=O) groups excluding carboxylic acids is 1. The van der Waals surface area contributed by atoms with Crippen molar-refractivity contribution in [1.29, 1.82) is 0 Å². The van der Waals surface area contributed by atoms with E-state index in [1.807, 2.05) is 6.07 Å². The third-order valence-corrected chi connectivity index (χ3v) is 3.78. The molecule has 0 aromatic carbocycles. The fraction of sp³-hybridized carbons (Fsp3) is 0.538. The zero-order valence-electron chi connectivity index (χ0n) is 11.2. The highest BCUT2D eigenvalue weighted by atomic mass is 16.2. The minimum absolute atomic E-state index is 0.254. The van der Waals surface area contributed by atoms with E-state index < -0.39 is 0 Å². The lowest BCUT2D eigenvalue weighted by Crippen LogP contribution is -2.12. The van der Waals surface area contributed by atoms with E-state index in [-0.39, 0.29) is 11.6 Å². The maximum absolute atomic E-state index is 11.8. The summed E-state index contributed by atoms with van der Waals surface area (Å²) < 4.78 is 0. The molecule has 1 saturated carbocycles. The molecule has 1 aliphatic rings. The van der Waals surface area contributed by atoms with Crippen molar-refractivity contribution in [1.82, 2.24) is 25.6 Å². The highest BCUT2D eigenvalue weighted by molar-refractivity contribution is 6.01. The largest absolute Gasteiger partial charge is 0.304 e. The Hall–Kier alpha value is -2.18. The van der Waals surface area contributed by atoms with Gasteiger partial charge in [-0.2, -0.15) is 20.5 Å². The van der Waals surface area contributed by atoms with Gasteiger partial charge in [-0.25, -0.2) is 0 Å². The minimum Gasteiger partial charge on any atom is -0.304 e. The smallest absolute Gasteiger partial charge is 0.279 e. The summed E-state index contributed by atoms with van der Waals surface area (Å²) in [5, 5.41) is 19.7. The fourth-order valence-corrected chi connectivity index (χ4v) is 2.69. The summed E-state index contributed by atoms with van der Waals surface area (Å²) in [5.74, 6) is 0.762. The molecular formula is C13H18N6O. The van der Waals surface area contributed by atoms with Crippen LogP contribution in [0.15, 0.2) is 12.3 Å². The lowest BCUT2D eigenvalue weighted by Gasteiger charge is -2.10. The molecule has 1 amide bonds. The third kappa shape index (κ3) is 2.87. The van der Waals surface area contributed by atoms with Crippen LogP contribution in [0.25, 0.3) is 0 Å². The number of aromatic nitrogens is 5. The van der Waals surface area contributed by atoms with Crippen molar-refractivity contribution in [3.8, 4) is 0 Å². The van der Waals surface area contributed by atoms with Crippen LogP contribution in [0.3, 0.4) is 0 Å². The van der Waals surface area contributed by atoms with E-state index in [0.29, 0.717) is 11.7 Å². The normalized spacial score (nSPS) is 16.8. The van der Waals surface area contributed by atoms with Crippen molar-refractivity contribution >= 4 is 11.7 Å². The maximum Gasteiger partial charge on any atom is 0.279 e. The first kappa shape index (κ1) is 12.8. The molecule has 0 saturated heterocycles. The first-order valence-electron chi connectivity index (χ1n) is 7.05. The van der Waals surface area contributed by atoms with Crippen LogP contribution in [-0.2, 0) is 0 Å². The van der Waals surface area contributed by atoms with E-state index in [1.165, 1.54) is 44.7 Å². The Kier molecular flexibility index (Phi) is 3.76. The Labute approximate surface area is 116 Å². The molecule has 0 spiro atoms. The van der Waals surface area contributed by atoms with Gasteiger partial charge in [-0.15, -0.1) is 0 Å². The van der Waals surface area contributed by atoms with Gasteiger partial charge >= 0.3 is 0 Å². The van der Waals surface area contributed by atoms with Gasteiger partial charge in [0.15, 0.2) is 11.5 Å². The van der Waals surface area contributed by atoms with Crippen molar-refractivity contribution in [3.63, 3.8) is 0 Å². The zero-order valence-corrected chi connectivity index (χ0v) is 11.2. The van der Waals surface area contributed by atoms with E-state index in [4.69, 9.17) is 0 Å². The molecule has 0 radical (unpaired) electrons. The topological polar surface area (TPSA) is 99.4 Å². The Bertz CT molecular complexity index is 553. The van der Waals surface area contributed by atoms with Gasteiger partial charge in [0.25, 0.3) is 5.91 Å². The number of nitrogens with one attached hydrogen (secondary N) is 3. The molecule has 0 aliphatic heterocycles. The van der Waals surface area contributed by atoms with Crippen LogP contribution in [0.2, 0.25) is 0 Å². The second-order valence-electron chi connectivity index (χ2n) is 5.21. The zero-order chi connectivity index (χ0) is 13.8. The molecule has 0 bridgehead atoms. The molecule has 106 valence electrons. The van der Waals surface area contributed by atoms with Crippen LogP contribution < -0.4 is 5.32 Å². The number of H-pyrrole nitrogens is 2. The summed E-state index contributed by atoms with van der Waals surface area (Å²) in [6, 6.07) is 1.92. The van der Waals surface area contributed by atoms with Gasteiger partial charge in [-0.1, -0.05) is 25.7 Å². The number of anilines is 1. The lowest BCUT2D eigenvalue weighted by atomic mass is 9.97. The van der Waals surface area contributed by atoms with Crippen LogP contribution in [-0.4, -0.2) is 31.5 Å². The lowest BCUT2D eigenvalue weighted by molar-refractivity contribution is 0.102. The van der Waals surface area contributed by atoms with Crippen molar-refractivity contribution in [2.45, 2.75) is 44.4 Å². The Morgan fingerprint density at radius 3 is 2.70 bits per heavy atom. The molecule has 3 rings (SSSR count). The average molecular weight is 274 g/mol. The summed E-state index contributed by atoms with van der Waals surface area (Å²) in [7, 11) is 0. The first-order valence-corrected chi connectivity index (χ1v) is 7.05.